The van der Waals surface area contributed by atoms with Gasteiger partial charge in [0.05, 0.1) is 12.6 Å². The predicted octanol–water partition coefficient (Wildman–Crippen LogP) is 0.620. The van der Waals surface area contributed by atoms with Crippen molar-refractivity contribution in [2.24, 2.45) is 0 Å². The van der Waals surface area contributed by atoms with Gasteiger partial charge in [0.2, 0.25) is 5.91 Å². The van der Waals surface area contributed by atoms with Crippen molar-refractivity contribution >= 4 is 23.5 Å². The molecule has 0 aliphatic carbocycles. The van der Waals surface area contributed by atoms with Crippen molar-refractivity contribution in [1.29, 1.82) is 0 Å². The van der Waals surface area contributed by atoms with E-state index in [0.717, 1.165) is 19.4 Å². The lowest BCUT2D eigenvalue weighted by molar-refractivity contribution is -0.119. The molecule has 0 aromatic carbocycles. The molecular formula is C9H15ClN2O3. The van der Waals surface area contributed by atoms with Crippen molar-refractivity contribution in [1.82, 2.24) is 10.6 Å². The number of imide groups is 1. The van der Waals surface area contributed by atoms with Gasteiger partial charge in [-0.3, -0.25) is 10.1 Å². The fraction of sp³-hybridized carbons (Fsp3) is 0.778. The smallest absolute Gasteiger partial charge is 0.321 e. The van der Waals surface area contributed by atoms with E-state index < -0.39 is 6.03 Å². The Morgan fingerprint density at radius 3 is 2.87 bits per heavy atom. The Balaban J connectivity index is 2.19. The van der Waals surface area contributed by atoms with E-state index in [4.69, 9.17) is 16.3 Å². The SMILES string of the molecule is O=C(CCCl)NC(=O)NC1CCCOC1. The van der Waals surface area contributed by atoms with E-state index in [1.807, 2.05) is 0 Å². The minimum Gasteiger partial charge on any atom is -0.379 e. The molecular weight excluding hydrogens is 220 g/mol. The summed E-state index contributed by atoms with van der Waals surface area (Å²) in [5.74, 6) is -0.148. The summed E-state index contributed by atoms with van der Waals surface area (Å²) in [5, 5.41) is 4.87. The van der Waals surface area contributed by atoms with Crippen molar-refractivity contribution in [3.8, 4) is 0 Å². The van der Waals surface area contributed by atoms with Gasteiger partial charge in [-0.05, 0) is 12.8 Å². The zero-order valence-corrected chi connectivity index (χ0v) is 9.18. The monoisotopic (exact) mass is 234 g/mol. The molecule has 0 radical (unpaired) electrons. The third kappa shape index (κ3) is 4.99. The fourth-order valence-corrected chi connectivity index (χ4v) is 1.52. The van der Waals surface area contributed by atoms with Crippen molar-refractivity contribution in [2.45, 2.75) is 25.3 Å². The maximum atomic E-state index is 11.3. The molecule has 15 heavy (non-hydrogen) atoms. The Labute approximate surface area is 93.5 Å². The Bertz CT molecular complexity index is 229. The topological polar surface area (TPSA) is 67.4 Å². The molecule has 0 spiro atoms. The second kappa shape index (κ2) is 6.63. The van der Waals surface area contributed by atoms with Crippen LogP contribution in [0, 0.1) is 0 Å². The van der Waals surface area contributed by atoms with Crippen molar-refractivity contribution in [3.05, 3.63) is 0 Å². The van der Waals surface area contributed by atoms with Crippen LogP contribution in [0.4, 0.5) is 4.79 Å². The minimum atomic E-state index is -0.472. The minimum absolute atomic E-state index is 0.00236. The van der Waals surface area contributed by atoms with Crippen molar-refractivity contribution in [2.75, 3.05) is 19.1 Å². The van der Waals surface area contributed by atoms with Crippen molar-refractivity contribution < 1.29 is 14.3 Å². The molecule has 1 fully saturated rings. The highest BCUT2D eigenvalue weighted by atomic mass is 35.5. The first kappa shape index (κ1) is 12.3. The quantitative estimate of drug-likeness (QED) is 0.704. The molecule has 5 nitrogen and oxygen atoms in total. The first-order valence-corrected chi connectivity index (χ1v) is 5.50. The second-order valence-corrected chi connectivity index (χ2v) is 3.75. The van der Waals surface area contributed by atoms with Crippen LogP contribution in [0.1, 0.15) is 19.3 Å². The van der Waals surface area contributed by atoms with E-state index in [1.54, 1.807) is 0 Å². The zero-order valence-electron chi connectivity index (χ0n) is 8.42. The van der Waals surface area contributed by atoms with E-state index >= 15 is 0 Å². The Hall–Kier alpha value is -0.810. The molecule has 1 rings (SSSR count). The molecule has 0 saturated carbocycles. The van der Waals surface area contributed by atoms with E-state index in [-0.39, 0.29) is 24.2 Å². The summed E-state index contributed by atoms with van der Waals surface area (Å²) in [6.45, 7) is 1.25. The van der Waals surface area contributed by atoms with Gasteiger partial charge in [0, 0.05) is 18.9 Å². The van der Waals surface area contributed by atoms with Crippen LogP contribution in [0.3, 0.4) is 0 Å². The Kier molecular flexibility index (Phi) is 5.42. The van der Waals surface area contributed by atoms with Gasteiger partial charge in [0.1, 0.15) is 0 Å². The summed E-state index contributed by atoms with van der Waals surface area (Å²) in [5.41, 5.74) is 0. The van der Waals surface area contributed by atoms with Gasteiger partial charge < -0.3 is 10.1 Å². The molecule has 1 saturated heterocycles. The van der Waals surface area contributed by atoms with Crippen LogP contribution < -0.4 is 10.6 Å². The Morgan fingerprint density at radius 2 is 2.27 bits per heavy atom. The van der Waals surface area contributed by atoms with Crippen molar-refractivity contribution in [3.63, 3.8) is 0 Å². The third-order valence-electron chi connectivity index (χ3n) is 2.07. The van der Waals surface area contributed by atoms with Gasteiger partial charge in [0.25, 0.3) is 0 Å². The highest BCUT2D eigenvalue weighted by molar-refractivity contribution is 6.19. The largest absolute Gasteiger partial charge is 0.379 e. The van der Waals surface area contributed by atoms with Gasteiger partial charge in [-0.1, -0.05) is 0 Å². The number of carbonyl (C=O) groups excluding carboxylic acids is 2. The number of alkyl halides is 1. The third-order valence-corrected chi connectivity index (χ3v) is 2.26. The van der Waals surface area contributed by atoms with Crippen LogP contribution >= 0.6 is 11.6 Å². The van der Waals surface area contributed by atoms with Gasteiger partial charge >= 0.3 is 6.03 Å². The van der Waals surface area contributed by atoms with Gasteiger partial charge in [-0.15, -0.1) is 11.6 Å². The zero-order chi connectivity index (χ0) is 11.1. The van der Waals surface area contributed by atoms with Crippen LogP contribution in [0.2, 0.25) is 0 Å². The highest BCUT2D eigenvalue weighted by Gasteiger charge is 2.16. The average molecular weight is 235 g/mol. The molecule has 2 N–H and O–H groups in total. The standard InChI is InChI=1S/C9H15ClN2O3/c10-4-3-8(13)12-9(14)11-7-2-1-5-15-6-7/h7H,1-6H2,(H2,11,12,13,14). The van der Waals surface area contributed by atoms with Crippen LogP contribution in [-0.4, -0.2) is 37.1 Å². The lowest BCUT2D eigenvalue weighted by Gasteiger charge is -2.22. The molecule has 1 aliphatic heterocycles. The van der Waals surface area contributed by atoms with Gasteiger partial charge in [0.15, 0.2) is 0 Å². The normalized spacial score (nSPS) is 20.7. The molecule has 0 aromatic rings. The predicted molar refractivity (Wildman–Crippen MR) is 55.9 cm³/mol. The summed E-state index contributed by atoms with van der Waals surface area (Å²) in [6, 6.07) is -0.469. The van der Waals surface area contributed by atoms with E-state index in [9.17, 15) is 9.59 Å². The molecule has 1 heterocycles. The maximum absolute atomic E-state index is 11.3. The number of amides is 3. The number of hydrogen-bond donors (Lipinski definition) is 2. The van der Waals surface area contributed by atoms with Gasteiger partial charge in [-0.25, -0.2) is 4.79 Å². The van der Waals surface area contributed by atoms with E-state index in [0.29, 0.717) is 6.61 Å². The fourth-order valence-electron chi connectivity index (χ4n) is 1.35. The van der Waals surface area contributed by atoms with Crippen LogP contribution in [0.15, 0.2) is 0 Å². The summed E-state index contributed by atoms with van der Waals surface area (Å²) in [6.07, 6.45) is 1.97. The highest BCUT2D eigenvalue weighted by Crippen LogP contribution is 2.05. The number of carbonyl (C=O) groups is 2. The summed E-state index contributed by atoms with van der Waals surface area (Å²) in [7, 11) is 0. The molecule has 1 aliphatic rings. The summed E-state index contributed by atoms with van der Waals surface area (Å²) in [4.78, 5) is 22.3. The number of hydrogen-bond acceptors (Lipinski definition) is 3. The average Bonchev–Trinajstić information content (AvgIpc) is 2.19. The first-order chi connectivity index (χ1) is 7.22. The lowest BCUT2D eigenvalue weighted by Crippen LogP contribution is -2.47. The summed E-state index contributed by atoms with van der Waals surface area (Å²) >= 11 is 5.36. The number of nitrogens with one attached hydrogen (secondary N) is 2. The van der Waals surface area contributed by atoms with E-state index in [2.05, 4.69) is 10.6 Å². The van der Waals surface area contributed by atoms with Crippen LogP contribution in [0.5, 0.6) is 0 Å². The molecule has 1 unspecified atom stereocenters. The second-order valence-electron chi connectivity index (χ2n) is 3.37. The lowest BCUT2D eigenvalue weighted by atomic mass is 10.1. The number of ether oxygens (including phenoxy) is 1. The van der Waals surface area contributed by atoms with Gasteiger partial charge in [-0.2, -0.15) is 0 Å². The molecule has 0 aromatic heterocycles. The number of halogens is 1. The molecule has 3 amide bonds. The maximum Gasteiger partial charge on any atom is 0.321 e. The number of rotatable bonds is 3. The van der Waals surface area contributed by atoms with Crippen LogP contribution in [-0.2, 0) is 9.53 Å². The number of urea groups is 1. The molecule has 6 heteroatoms. The molecule has 1 atom stereocenters. The van der Waals surface area contributed by atoms with Crippen LogP contribution in [0.25, 0.3) is 0 Å². The summed E-state index contributed by atoms with van der Waals surface area (Å²) < 4.78 is 5.19. The van der Waals surface area contributed by atoms with E-state index in [1.165, 1.54) is 0 Å². The molecule has 0 bridgehead atoms. The Morgan fingerprint density at radius 1 is 1.47 bits per heavy atom. The first-order valence-electron chi connectivity index (χ1n) is 4.96. The molecule has 86 valence electrons.